The molecule has 0 aliphatic heterocycles. The average Bonchev–Trinajstić information content (AvgIpc) is 2.82. The number of hydrogen-bond acceptors (Lipinski definition) is 4. The van der Waals surface area contributed by atoms with Gasteiger partial charge >= 0.3 is 0 Å². The first kappa shape index (κ1) is 14.8. The minimum atomic E-state index is -0.319. The summed E-state index contributed by atoms with van der Waals surface area (Å²) < 4.78 is 1.38. The Morgan fingerprint density at radius 1 is 1.35 bits per heavy atom. The van der Waals surface area contributed by atoms with E-state index in [9.17, 15) is 4.79 Å². The molecule has 0 aliphatic rings. The highest BCUT2D eigenvalue weighted by Gasteiger charge is 2.11. The smallest absolute Gasteiger partial charge is 0.246 e. The third-order valence-corrected chi connectivity index (χ3v) is 3.12. The second-order valence-corrected chi connectivity index (χ2v) is 4.84. The molecule has 0 saturated heterocycles. The maximum Gasteiger partial charge on any atom is 0.246 e. The number of hydrogen-bond donors (Lipinski definition) is 2. The molecule has 0 fully saturated rings. The number of amides is 1. The standard InChI is InChI=1S/C12H12Cl2N4O2/c13-9-2-1-3-10(14)12(9)15-11(20)7-18-6-8(4-5-19)16-17-18/h1-3,6,19H,4-5,7H2,(H,15,20). The Morgan fingerprint density at radius 2 is 2.05 bits per heavy atom. The van der Waals surface area contributed by atoms with Crippen molar-refractivity contribution in [3.05, 3.63) is 40.1 Å². The lowest BCUT2D eigenvalue weighted by atomic mass is 10.3. The van der Waals surface area contributed by atoms with Crippen LogP contribution < -0.4 is 5.32 Å². The first-order valence-electron chi connectivity index (χ1n) is 5.84. The van der Waals surface area contributed by atoms with E-state index in [4.69, 9.17) is 28.3 Å². The van der Waals surface area contributed by atoms with Gasteiger partial charge in [-0.15, -0.1) is 5.10 Å². The van der Waals surface area contributed by atoms with Gasteiger partial charge in [0, 0.05) is 19.2 Å². The topological polar surface area (TPSA) is 80.0 Å². The molecule has 20 heavy (non-hydrogen) atoms. The van der Waals surface area contributed by atoms with Crippen LogP contribution in [0.25, 0.3) is 0 Å². The van der Waals surface area contributed by atoms with Crippen LogP contribution in [0.4, 0.5) is 5.69 Å². The Hall–Kier alpha value is -1.63. The molecule has 1 aromatic carbocycles. The van der Waals surface area contributed by atoms with Crippen LogP contribution >= 0.6 is 23.2 Å². The van der Waals surface area contributed by atoms with E-state index in [1.807, 2.05) is 0 Å². The van der Waals surface area contributed by atoms with Crippen LogP contribution in [0.15, 0.2) is 24.4 Å². The molecule has 106 valence electrons. The summed E-state index contributed by atoms with van der Waals surface area (Å²) in [5, 5.41) is 19.8. The van der Waals surface area contributed by atoms with E-state index < -0.39 is 0 Å². The Morgan fingerprint density at radius 3 is 2.70 bits per heavy atom. The first-order chi connectivity index (χ1) is 9.60. The van der Waals surface area contributed by atoms with Gasteiger partial charge in [-0.05, 0) is 12.1 Å². The van der Waals surface area contributed by atoms with E-state index in [0.717, 1.165) is 0 Å². The quantitative estimate of drug-likeness (QED) is 0.881. The van der Waals surface area contributed by atoms with Gasteiger partial charge in [0.05, 0.1) is 21.4 Å². The molecular formula is C12H12Cl2N4O2. The van der Waals surface area contributed by atoms with Crippen LogP contribution in [0.3, 0.4) is 0 Å². The first-order valence-corrected chi connectivity index (χ1v) is 6.59. The van der Waals surface area contributed by atoms with Gasteiger partial charge in [0.25, 0.3) is 0 Å². The number of aliphatic hydroxyl groups is 1. The second-order valence-electron chi connectivity index (χ2n) is 4.03. The monoisotopic (exact) mass is 314 g/mol. The highest BCUT2D eigenvalue weighted by Crippen LogP contribution is 2.29. The summed E-state index contributed by atoms with van der Waals surface area (Å²) >= 11 is 11.9. The van der Waals surface area contributed by atoms with Gasteiger partial charge in [-0.3, -0.25) is 4.79 Å². The van der Waals surface area contributed by atoms with Crippen LogP contribution in [-0.2, 0) is 17.8 Å². The van der Waals surface area contributed by atoms with E-state index in [1.54, 1.807) is 24.4 Å². The van der Waals surface area contributed by atoms with Crippen molar-refractivity contribution in [2.45, 2.75) is 13.0 Å². The molecular weight excluding hydrogens is 303 g/mol. The van der Waals surface area contributed by atoms with Crippen LogP contribution in [0.2, 0.25) is 10.0 Å². The number of anilines is 1. The highest BCUT2D eigenvalue weighted by molar-refractivity contribution is 6.39. The van der Waals surface area contributed by atoms with Gasteiger partial charge in [-0.1, -0.05) is 34.5 Å². The minimum absolute atomic E-state index is 0.0138. The van der Waals surface area contributed by atoms with E-state index in [-0.39, 0.29) is 19.1 Å². The molecule has 0 spiro atoms. The maximum atomic E-state index is 11.9. The number of rotatable bonds is 5. The number of benzene rings is 1. The lowest BCUT2D eigenvalue weighted by Gasteiger charge is -2.08. The Bertz CT molecular complexity index is 595. The summed E-state index contributed by atoms with van der Waals surface area (Å²) in [6, 6.07) is 4.97. The SMILES string of the molecule is O=C(Cn1cc(CCO)nn1)Nc1c(Cl)cccc1Cl. The zero-order chi connectivity index (χ0) is 14.5. The summed E-state index contributed by atoms with van der Waals surface area (Å²) in [6.45, 7) is -0.0277. The van der Waals surface area contributed by atoms with Crippen molar-refractivity contribution in [3.63, 3.8) is 0 Å². The third kappa shape index (κ3) is 3.69. The number of aliphatic hydroxyl groups excluding tert-OH is 1. The lowest BCUT2D eigenvalue weighted by Crippen LogP contribution is -2.19. The van der Waals surface area contributed by atoms with Crippen LogP contribution in [0, 0.1) is 0 Å². The number of nitrogens with zero attached hydrogens (tertiary/aromatic N) is 3. The number of carbonyl (C=O) groups excluding carboxylic acids is 1. The van der Waals surface area contributed by atoms with Gasteiger partial charge in [0.15, 0.2) is 0 Å². The molecule has 2 aromatic rings. The fourth-order valence-electron chi connectivity index (χ4n) is 1.59. The normalized spacial score (nSPS) is 10.6. The van der Waals surface area contributed by atoms with Crippen molar-refractivity contribution in [2.75, 3.05) is 11.9 Å². The Labute approximate surface area is 125 Å². The molecule has 2 rings (SSSR count). The second kappa shape index (κ2) is 6.69. The predicted octanol–water partition coefficient (Wildman–Crippen LogP) is 1.76. The predicted molar refractivity (Wildman–Crippen MR) is 75.9 cm³/mol. The molecule has 1 amide bonds. The Kier molecular flexibility index (Phi) is 4.94. The molecule has 0 unspecified atom stereocenters. The van der Waals surface area contributed by atoms with Crippen molar-refractivity contribution < 1.29 is 9.90 Å². The fraction of sp³-hybridized carbons (Fsp3) is 0.250. The molecule has 2 N–H and O–H groups in total. The van der Waals surface area contributed by atoms with Gasteiger partial charge < -0.3 is 10.4 Å². The van der Waals surface area contributed by atoms with Crippen molar-refractivity contribution in [2.24, 2.45) is 0 Å². The maximum absolute atomic E-state index is 11.9. The number of nitrogens with one attached hydrogen (secondary N) is 1. The summed E-state index contributed by atoms with van der Waals surface area (Å²) in [7, 11) is 0. The van der Waals surface area contributed by atoms with Gasteiger partial charge in [-0.25, -0.2) is 4.68 Å². The van der Waals surface area contributed by atoms with E-state index >= 15 is 0 Å². The lowest BCUT2D eigenvalue weighted by molar-refractivity contribution is -0.116. The van der Waals surface area contributed by atoms with Crippen molar-refractivity contribution in [1.82, 2.24) is 15.0 Å². The molecule has 0 atom stereocenters. The van der Waals surface area contributed by atoms with Crippen molar-refractivity contribution in [1.29, 1.82) is 0 Å². The number of carbonyl (C=O) groups is 1. The summed E-state index contributed by atoms with van der Waals surface area (Å²) in [5.74, 6) is -0.319. The molecule has 0 aliphatic carbocycles. The van der Waals surface area contributed by atoms with Crippen LogP contribution in [0.5, 0.6) is 0 Å². The average molecular weight is 315 g/mol. The number of halogens is 2. The van der Waals surface area contributed by atoms with Gasteiger partial charge in [0.1, 0.15) is 6.54 Å². The summed E-state index contributed by atoms with van der Waals surface area (Å²) in [6.07, 6.45) is 2.00. The van der Waals surface area contributed by atoms with E-state index in [1.165, 1.54) is 4.68 Å². The number of aromatic nitrogens is 3. The molecule has 8 heteroatoms. The van der Waals surface area contributed by atoms with Crippen LogP contribution in [0.1, 0.15) is 5.69 Å². The van der Waals surface area contributed by atoms with Gasteiger partial charge in [0.2, 0.25) is 5.91 Å². The largest absolute Gasteiger partial charge is 0.396 e. The van der Waals surface area contributed by atoms with Crippen LogP contribution in [-0.4, -0.2) is 32.6 Å². The van der Waals surface area contributed by atoms with Gasteiger partial charge in [-0.2, -0.15) is 0 Å². The molecule has 6 nitrogen and oxygen atoms in total. The van der Waals surface area contributed by atoms with Crippen molar-refractivity contribution in [3.8, 4) is 0 Å². The summed E-state index contributed by atoms with van der Waals surface area (Å²) in [4.78, 5) is 11.9. The molecule has 0 bridgehead atoms. The molecule has 0 saturated carbocycles. The third-order valence-electron chi connectivity index (χ3n) is 2.49. The highest BCUT2D eigenvalue weighted by atomic mass is 35.5. The zero-order valence-electron chi connectivity index (χ0n) is 10.4. The fourth-order valence-corrected chi connectivity index (χ4v) is 2.08. The summed E-state index contributed by atoms with van der Waals surface area (Å²) in [5.41, 5.74) is 0.993. The minimum Gasteiger partial charge on any atom is -0.396 e. The molecule has 1 aromatic heterocycles. The van der Waals surface area contributed by atoms with Crippen molar-refractivity contribution >= 4 is 34.8 Å². The molecule has 0 radical (unpaired) electrons. The van der Waals surface area contributed by atoms with E-state index in [2.05, 4.69) is 15.6 Å². The number of para-hydroxylation sites is 1. The Balaban J connectivity index is 2.01. The van der Waals surface area contributed by atoms with E-state index in [0.29, 0.717) is 27.8 Å². The zero-order valence-corrected chi connectivity index (χ0v) is 11.9. The molecule has 1 heterocycles.